The van der Waals surface area contributed by atoms with E-state index in [2.05, 4.69) is 10.3 Å². The summed E-state index contributed by atoms with van der Waals surface area (Å²) in [7, 11) is 1.81. The first-order valence-electron chi connectivity index (χ1n) is 5.59. The fourth-order valence-corrected chi connectivity index (χ4v) is 3.19. The number of nitrogens with zero attached hydrogens (tertiary/aromatic N) is 1. The summed E-state index contributed by atoms with van der Waals surface area (Å²) in [4.78, 5) is 5.42. The lowest BCUT2D eigenvalue weighted by Gasteiger charge is -2.16. The second-order valence-electron chi connectivity index (χ2n) is 4.07. The third-order valence-electron chi connectivity index (χ3n) is 2.76. The Labute approximate surface area is 115 Å². The SMILES string of the molecule is CNC(c1ccc(Cl)cc1F)c1sc(C)nc1C. The highest BCUT2D eigenvalue weighted by molar-refractivity contribution is 7.11. The van der Waals surface area contributed by atoms with Crippen molar-refractivity contribution in [1.82, 2.24) is 10.3 Å². The quantitative estimate of drug-likeness (QED) is 0.926. The van der Waals surface area contributed by atoms with Crippen LogP contribution in [0.1, 0.15) is 27.2 Å². The first-order chi connectivity index (χ1) is 8.52. The molecule has 2 nitrogen and oxygen atoms in total. The average molecular weight is 285 g/mol. The molecule has 0 amide bonds. The Balaban J connectivity index is 2.48. The molecular formula is C13H14ClFN2S. The van der Waals surface area contributed by atoms with Gasteiger partial charge < -0.3 is 5.32 Å². The van der Waals surface area contributed by atoms with Gasteiger partial charge in [0.15, 0.2) is 0 Å². The van der Waals surface area contributed by atoms with Crippen LogP contribution in [0.25, 0.3) is 0 Å². The number of thiazole rings is 1. The number of aryl methyl sites for hydroxylation is 2. The monoisotopic (exact) mass is 284 g/mol. The molecular weight excluding hydrogens is 271 g/mol. The molecule has 0 fully saturated rings. The number of nitrogens with one attached hydrogen (secondary N) is 1. The molecule has 1 N–H and O–H groups in total. The first-order valence-corrected chi connectivity index (χ1v) is 6.78. The highest BCUT2D eigenvalue weighted by Gasteiger charge is 2.20. The zero-order valence-corrected chi connectivity index (χ0v) is 12.0. The molecule has 1 aromatic carbocycles. The van der Waals surface area contributed by atoms with E-state index >= 15 is 0 Å². The van der Waals surface area contributed by atoms with Gasteiger partial charge in [-0.15, -0.1) is 11.3 Å². The van der Waals surface area contributed by atoms with Crippen molar-refractivity contribution in [3.63, 3.8) is 0 Å². The van der Waals surface area contributed by atoms with Crippen molar-refractivity contribution in [2.75, 3.05) is 7.05 Å². The molecule has 0 aliphatic heterocycles. The van der Waals surface area contributed by atoms with Crippen molar-refractivity contribution in [1.29, 1.82) is 0 Å². The maximum Gasteiger partial charge on any atom is 0.129 e. The molecule has 96 valence electrons. The summed E-state index contributed by atoms with van der Waals surface area (Å²) in [5, 5.41) is 4.53. The second kappa shape index (κ2) is 5.34. The van der Waals surface area contributed by atoms with Gasteiger partial charge in [0.2, 0.25) is 0 Å². The largest absolute Gasteiger partial charge is 0.309 e. The van der Waals surface area contributed by atoms with Crippen LogP contribution in [0.15, 0.2) is 18.2 Å². The van der Waals surface area contributed by atoms with Crippen LogP contribution in [0.4, 0.5) is 4.39 Å². The van der Waals surface area contributed by atoms with E-state index in [0.717, 1.165) is 15.6 Å². The Morgan fingerprint density at radius 3 is 2.61 bits per heavy atom. The smallest absolute Gasteiger partial charge is 0.129 e. The minimum atomic E-state index is -0.299. The minimum absolute atomic E-state index is 0.187. The normalized spacial score (nSPS) is 12.7. The van der Waals surface area contributed by atoms with Crippen molar-refractivity contribution in [2.45, 2.75) is 19.9 Å². The van der Waals surface area contributed by atoms with Crippen molar-refractivity contribution < 1.29 is 4.39 Å². The summed E-state index contributed by atoms with van der Waals surface area (Å²) in [5.74, 6) is -0.299. The van der Waals surface area contributed by atoms with Gasteiger partial charge in [0.25, 0.3) is 0 Å². The Morgan fingerprint density at radius 2 is 2.11 bits per heavy atom. The summed E-state index contributed by atoms with van der Waals surface area (Å²) >= 11 is 7.36. The molecule has 0 aliphatic rings. The zero-order chi connectivity index (χ0) is 13.3. The fourth-order valence-electron chi connectivity index (χ4n) is 1.98. The minimum Gasteiger partial charge on any atom is -0.309 e. The van der Waals surface area contributed by atoms with Gasteiger partial charge in [0.05, 0.1) is 16.7 Å². The van der Waals surface area contributed by atoms with E-state index in [4.69, 9.17) is 11.6 Å². The average Bonchev–Trinajstić information content (AvgIpc) is 2.62. The van der Waals surface area contributed by atoms with E-state index in [1.807, 2.05) is 20.9 Å². The van der Waals surface area contributed by atoms with Gasteiger partial charge in [-0.25, -0.2) is 9.37 Å². The summed E-state index contributed by atoms with van der Waals surface area (Å²) in [6.45, 7) is 3.89. The second-order valence-corrected chi connectivity index (χ2v) is 5.74. The highest BCUT2D eigenvalue weighted by Crippen LogP contribution is 2.31. The predicted octanol–water partition coefficient (Wildman–Crippen LogP) is 3.86. The number of hydrogen-bond donors (Lipinski definition) is 1. The topological polar surface area (TPSA) is 24.9 Å². The summed E-state index contributed by atoms with van der Waals surface area (Å²) in [6.07, 6.45) is 0. The molecule has 0 radical (unpaired) electrons. The molecule has 1 unspecified atom stereocenters. The number of halogens is 2. The van der Waals surface area contributed by atoms with E-state index in [9.17, 15) is 4.39 Å². The van der Waals surface area contributed by atoms with Crippen LogP contribution in [0.5, 0.6) is 0 Å². The lowest BCUT2D eigenvalue weighted by atomic mass is 10.0. The fraction of sp³-hybridized carbons (Fsp3) is 0.308. The molecule has 5 heteroatoms. The highest BCUT2D eigenvalue weighted by atomic mass is 35.5. The number of benzene rings is 1. The molecule has 0 bridgehead atoms. The lowest BCUT2D eigenvalue weighted by Crippen LogP contribution is -2.18. The van der Waals surface area contributed by atoms with Crippen LogP contribution in [-0.4, -0.2) is 12.0 Å². The Hall–Kier alpha value is -0.970. The van der Waals surface area contributed by atoms with Crippen molar-refractivity contribution >= 4 is 22.9 Å². The van der Waals surface area contributed by atoms with Crippen LogP contribution in [0.3, 0.4) is 0 Å². The van der Waals surface area contributed by atoms with Gasteiger partial charge in [0.1, 0.15) is 5.82 Å². The third kappa shape index (κ3) is 2.55. The van der Waals surface area contributed by atoms with Gasteiger partial charge in [-0.2, -0.15) is 0 Å². The Bertz CT molecular complexity index is 568. The molecule has 1 atom stereocenters. The van der Waals surface area contributed by atoms with Gasteiger partial charge in [-0.1, -0.05) is 17.7 Å². The van der Waals surface area contributed by atoms with Crippen LogP contribution in [0, 0.1) is 19.7 Å². The van der Waals surface area contributed by atoms with Gasteiger partial charge in [0, 0.05) is 15.5 Å². The molecule has 0 spiro atoms. The van der Waals surface area contributed by atoms with E-state index in [1.54, 1.807) is 23.5 Å². The van der Waals surface area contributed by atoms with Crippen LogP contribution < -0.4 is 5.32 Å². The van der Waals surface area contributed by atoms with E-state index in [1.165, 1.54) is 6.07 Å². The molecule has 2 aromatic rings. The van der Waals surface area contributed by atoms with Crippen molar-refractivity contribution in [3.8, 4) is 0 Å². The molecule has 1 heterocycles. The summed E-state index contributed by atoms with van der Waals surface area (Å²) in [5.41, 5.74) is 1.53. The van der Waals surface area contributed by atoms with E-state index in [0.29, 0.717) is 10.6 Å². The van der Waals surface area contributed by atoms with E-state index in [-0.39, 0.29) is 11.9 Å². The first kappa shape index (κ1) is 13.5. The Kier molecular flexibility index (Phi) is 4.00. The number of aromatic nitrogens is 1. The molecule has 1 aromatic heterocycles. The Morgan fingerprint density at radius 1 is 1.39 bits per heavy atom. The van der Waals surface area contributed by atoms with Crippen molar-refractivity contribution in [2.24, 2.45) is 0 Å². The van der Waals surface area contributed by atoms with Crippen LogP contribution >= 0.6 is 22.9 Å². The molecule has 0 saturated heterocycles. The molecule has 0 saturated carbocycles. The number of hydrogen-bond acceptors (Lipinski definition) is 3. The molecule has 0 aliphatic carbocycles. The predicted molar refractivity (Wildman–Crippen MR) is 73.9 cm³/mol. The standard InChI is InChI=1S/C13H14ClFN2S/c1-7-13(18-8(2)17-7)12(16-3)10-5-4-9(14)6-11(10)15/h4-6,12,16H,1-3H3. The summed E-state index contributed by atoms with van der Waals surface area (Å²) < 4.78 is 14.0. The van der Waals surface area contributed by atoms with E-state index < -0.39 is 0 Å². The maximum absolute atomic E-state index is 14.0. The van der Waals surface area contributed by atoms with Gasteiger partial charge in [-0.3, -0.25) is 0 Å². The molecule has 18 heavy (non-hydrogen) atoms. The zero-order valence-electron chi connectivity index (χ0n) is 10.4. The van der Waals surface area contributed by atoms with Gasteiger partial charge in [-0.05, 0) is 33.0 Å². The third-order valence-corrected chi connectivity index (χ3v) is 4.14. The summed E-state index contributed by atoms with van der Waals surface area (Å²) in [6, 6.07) is 4.57. The van der Waals surface area contributed by atoms with Crippen molar-refractivity contribution in [3.05, 3.63) is 50.2 Å². The maximum atomic E-state index is 14.0. The van der Waals surface area contributed by atoms with Crippen LogP contribution in [0.2, 0.25) is 5.02 Å². The van der Waals surface area contributed by atoms with Gasteiger partial charge >= 0.3 is 0 Å². The molecule has 2 rings (SSSR count). The lowest BCUT2D eigenvalue weighted by molar-refractivity contribution is 0.578. The van der Waals surface area contributed by atoms with Crippen LogP contribution in [-0.2, 0) is 0 Å². The number of rotatable bonds is 3.